The van der Waals surface area contributed by atoms with Crippen molar-refractivity contribution in [2.75, 3.05) is 22.4 Å². The topological polar surface area (TPSA) is 66.5 Å². The third kappa shape index (κ3) is 7.00. The molecule has 0 fully saturated rings. The second-order valence-electron chi connectivity index (χ2n) is 6.71. The first kappa shape index (κ1) is 23.7. The maximum absolute atomic E-state index is 12.7. The van der Waals surface area contributed by atoms with E-state index in [9.17, 15) is 13.2 Å². The molecule has 3 aromatic carbocycles. The van der Waals surface area contributed by atoms with Crippen molar-refractivity contribution in [2.45, 2.75) is 10.6 Å². The van der Waals surface area contributed by atoms with Crippen LogP contribution in [0, 0.1) is 0 Å². The number of thioether (sulfide) groups is 1. The van der Waals surface area contributed by atoms with Gasteiger partial charge in [-0.25, -0.2) is 8.42 Å². The number of hydrogen-bond donors (Lipinski definition) is 1. The summed E-state index contributed by atoms with van der Waals surface area (Å²) in [6, 6.07) is 21.8. The molecular weight excluding hydrogens is 520 g/mol. The molecule has 0 unspecified atom stereocenters. The van der Waals surface area contributed by atoms with E-state index in [0.29, 0.717) is 22.2 Å². The Morgan fingerprint density at radius 3 is 2.45 bits per heavy atom. The van der Waals surface area contributed by atoms with Gasteiger partial charge in [0.25, 0.3) is 0 Å². The summed E-state index contributed by atoms with van der Waals surface area (Å²) in [5.41, 5.74) is 2.15. The van der Waals surface area contributed by atoms with E-state index in [4.69, 9.17) is 11.6 Å². The number of carbonyl (C=O) groups excluding carboxylic acids is 1. The Kier molecular flexibility index (Phi) is 8.05. The lowest BCUT2D eigenvalue weighted by atomic mass is 10.2. The van der Waals surface area contributed by atoms with Crippen LogP contribution in [-0.2, 0) is 20.6 Å². The van der Waals surface area contributed by atoms with Crippen LogP contribution in [-0.4, -0.2) is 27.1 Å². The van der Waals surface area contributed by atoms with Gasteiger partial charge in [0.05, 0.1) is 17.6 Å². The maximum atomic E-state index is 12.7. The summed E-state index contributed by atoms with van der Waals surface area (Å²) in [5, 5.41) is 3.53. The van der Waals surface area contributed by atoms with E-state index in [1.165, 1.54) is 0 Å². The molecule has 0 aromatic heterocycles. The summed E-state index contributed by atoms with van der Waals surface area (Å²) >= 11 is 10.8. The van der Waals surface area contributed by atoms with Gasteiger partial charge in [-0.3, -0.25) is 9.10 Å². The summed E-state index contributed by atoms with van der Waals surface area (Å²) in [5.74, 6) is 0.280. The van der Waals surface area contributed by atoms with Crippen LogP contribution in [0.25, 0.3) is 0 Å². The highest BCUT2D eigenvalue weighted by Gasteiger charge is 2.21. The van der Waals surface area contributed by atoms with Gasteiger partial charge in [-0.05, 0) is 48.0 Å². The average Bonchev–Trinajstić information content (AvgIpc) is 2.72. The first-order valence-electron chi connectivity index (χ1n) is 9.22. The Bertz CT molecular complexity index is 1170. The highest BCUT2D eigenvalue weighted by Crippen LogP contribution is 2.30. The summed E-state index contributed by atoms with van der Waals surface area (Å²) in [7, 11) is -3.65. The molecule has 0 aliphatic carbocycles. The standard InChI is InChI=1S/C22H20BrClN2O3S2/c1-31(28,29)26(19-6-4-5-17(23)13-19)14-22(27)25-20-7-2-3-8-21(20)30-15-16-9-11-18(24)12-10-16/h2-13H,14-15H2,1H3,(H,25,27). The Hall–Kier alpha value is -2.00. The van der Waals surface area contributed by atoms with Crippen molar-refractivity contribution < 1.29 is 13.2 Å². The van der Waals surface area contributed by atoms with E-state index in [1.54, 1.807) is 42.1 Å². The fourth-order valence-electron chi connectivity index (χ4n) is 2.79. The SMILES string of the molecule is CS(=O)(=O)N(CC(=O)Nc1ccccc1SCc1ccc(Cl)cc1)c1cccc(Br)c1. The lowest BCUT2D eigenvalue weighted by molar-refractivity contribution is -0.114. The van der Waals surface area contributed by atoms with Crippen LogP contribution in [0.3, 0.4) is 0 Å². The predicted octanol–water partition coefficient (Wildman–Crippen LogP) is 5.80. The first-order chi connectivity index (χ1) is 14.7. The minimum Gasteiger partial charge on any atom is -0.323 e. The lowest BCUT2D eigenvalue weighted by Gasteiger charge is -2.22. The van der Waals surface area contributed by atoms with E-state index in [-0.39, 0.29) is 6.54 Å². The van der Waals surface area contributed by atoms with Crippen molar-refractivity contribution in [3.8, 4) is 0 Å². The van der Waals surface area contributed by atoms with Crippen LogP contribution in [0.2, 0.25) is 5.02 Å². The molecule has 31 heavy (non-hydrogen) atoms. The Labute approximate surface area is 200 Å². The number of benzene rings is 3. The monoisotopic (exact) mass is 538 g/mol. The quantitative estimate of drug-likeness (QED) is 0.368. The Morgan fingerprint density at radius 1 is 1.06 bits per heavy atom. The number of nitrogens with zero attached hydrogens (tertiary/aromatic N) is 1. The van der Waals surface area contributed by atoms with Crippen LogP contribution in [0.1, 0.15) is 5.56 Å². The molecule has 9 heteroatoms. The minimum atomic E-state index is -3.65. The lowest BCUT2D eigenvalue weighted by Crippen LogP contribution is -2.37. The maximum Gasteiger partial charge on any atom is 0.245 e. The zero-order valence-electron chi connectivity index (χ0n) is 16.6. The van der Waals surface area contributed by atoms with E-state index in [1.807, 2.05) is 42.5 Å². The molecule has 1 N–H and O–H groups in total. The highest BCUT2D eigenvalue weighted by molar-refractivity contribution is 9.10. The molecule has 0 aliphatic rings. The van der Waals surface area contributed by atoms with E-state index >= 15 is 0 Å². The fraction of sp³-hybridized carbons (Fsp3) is 0.136. The summed E-state index contributed by atoms with van der Waals surface area (Å²) in [6.07, 6.45) is 1.08. The average molecular weight is 540 g/mol. The Morgan fingerprint density at radius 2 is 1.77 bits per heavy atom. The molecule has 3 rings (SSSR count). The van der Waals surface area contributed by atoms with Crippen LogP contribution in [0.15, 0.2) is 82.2 Å². The number of amides is 1. The molecule has 1 amide bonds. The highest BCUT2D eigenvalue weighted by atomic mass is 79.9. The molecule has 0 saturated carbocycles. The second kappa shape index (κ2) is 10.5. The molecule has 0 heterocycles. The number of nitrogens with one attached hydrogen (secondary N) is 1. The van der Waals surface area contributed by atoms with Gasteiger partial charge in [-0.1, -0.05) is 57.9 Å². The predicted molar refractivity (Wildman–Crippen MR) is 132 cm³/mol. The summed E-state index contributed by atoms with van der Waals surface area (Å²) < 4.78 is 26.4. The van der Waals surface area contributed by atoms with Crippen LogP contribution in [0.5, 0.6) is 0 Å². The van der Waals surface area contributed by atoms with Gasteiger partial charge in [0, 0.05) is 20.1 Å². The largest absolute Gasteiger partial charge is 0.323 e. The molecule has 0 atom stereocenters. The minimum absolute atomic E-state index is 0.328. The summed E-state index contributed by atoms with van der Waals surface area (Å²) in [4.78, 5) is 13.6. The molecule has 0 saturated heterocycles. The zero-order valence-corrected chi connectivity index (χ0v) is 20.6. The second-order valence-corrected chi connectivity index (χ2v) is 11.0. The zero-order chi connectivity index (χ0) is 22.4. The fourth-order valence-corrected chi connectivity index (χ4v) is 5.11. The van der Waals surface area contributed by atoms with E-state index in [0.717, 1.165) is 25.5 Å². The number of hydrogen-bond acceptors (Lipinski definition) is 4. The number of anilines is 2. The third-order valence-electron chi connectivity index (χ3n) is 4.25. The van der Waals surface area contributed by atoms with Crippen molar-refractivity contribution in [1.82, 2.24) is 0 Å². The molecule has 0 radical (unpaired) electrons. The van der Waals surface area contributed by atoms with E-state index in [2.05, 4.69) is 21.2 Å². The number of carbonyl (C=O) groups is 1. The number of para-hydroxylation sites is 1. The van der Waals surface area contributed by atoms with Crippen LogP contribution >= 0.6 is 39.3 Å². The number of rotatable bonds is 8. The van der Waals surface area contributed by atoms with Crippen molar-refractivity contribution in [3.05, 3.63) is 87.9 Å². The molecular formula is C22H20BrClN2O3S2. The van der Waals surface area contributed by atoms with Crippen LogP contribution in [0.4, 0.5) is 11.4 Å². The molecule has 0 bridgehead atoms. The van der Waals surface area contributed by atoms with Crippen molar-refractivity contribution in [2.24, 2.45) is 0 Å². The van der Waals surface area contributed by atoms with E-state index < -0.39 is 15.9 Å². The molecule has 162 valence electrons. The third-order valence-corrected chi connectivity index (χ3v) is 7.28. The van der Waals surface area contributed by atoms with Gasteiger partial charge in [0.15, 0.2) is 0 Å². The van der Waals surface area contributed by atoms with Gasteiger partial charge >= 0.3 is 0 Å². The number of sulfonamides is 1. The van der Waals surface area contributed by atoms with Crippen molar-refractivity contribution >= 4 is 66.6 Å². The molecule has 0 spiro atoms. The summed E-state index contributed by atoms with van der Waals surface area (Å²) in [6.45, 7) is -0.328. The Balaban J connectivity index is 1.72. The van der Waals surface area contributed by atoms with Crippen molar-refractivity contribution in [1.29, 1.82) is 0 Å². The molecule has 0 aliphatic heterocycles. The first-order valence-corrected chi connectivity index (χ1v) is 13.2. The smallest absolute Gasteiger partial charge is 0.245 e. The van der Waals surface area contributed by atoms with Crippen molar-refractivity contribution in [3.63, 3.8) is 0 Å². The van der Waals surface area contributed by atoms with Gasteiger partial charge in [-0.15, -0.1) is 11.8 Å². The molecule has 5 nitrogen and oxygen atoms in total. The normalized spacial score (nSPS) is 11.2. The number of halogens is 2. The van der Waals surface area contributed by atoms with Gasteiger partial charge in [0.1, 0.15) is 6.54 Å². The molecule has 3 aromatic rings. The van der Waals surface area contributed by atoms with Crippen LogP contribution < -0.4 is 9.62 Å². The van der Waals surface area contributed by atoms with Gasteiger partial charge < -0.3 is 5.32 Å². The van der Waals surface area contributed by atoms with Gasteiger partial charge in [-0.2, -0.15) is 0 Å². The van der Waals surface area contributed by atoms with Gasteiger partial charge in [0.2, 0.25) is 15.9 Å².